The van der Waals surface area contributed by atoms with E-state index in [0.717, 1.165) is 0 Å². The van der Waals surface area contributed by atoms with Gasteiger partial charge in [-0.25, -0.2) is 8.78 Å². The first-order valence-corrected chi connectivity index (χ1v) is 5.82. The molecule has 100 valence electrons. The van der Waals surface area contributed by atoms with Gasteiger partial charge < -0.3 is 5.32 Å². The summed E-state index contributed by atoms with van der Waals surface area (Å²) < 4.78 is 48.9. The quantitative estimate of drug-likeness (QED) is 0.600. The third-order valence-corrected chi connectivity index (χ3v) is 2.88. The number of nitrogens with one attached hydrogen (secondary N) is 1. The van der Waals surface area contributed by atoms with Crippen LogP contribution in [-0.2, 0) is 9.59 Å². The summed E-state index contributed by atoms with van der Waals surface area (Å²) >= 11 is 2.88. The second kappa shape index (κ2) is 6.32. The Morgan fingerprint density at radius 3 is 2.12 bits per heavy atom. The zero-order valence-corrected chi connectivity index (χ0v) is 10.7. The van der Waals surface area contributed by atoms with Crippen LogP contribution >= 0.6 is 15.9 Å². The van der Waals surface area contributed by atoms with Crippen LogP contribution in [-0.4, -0.2) is 35.4 Å². The van der Waals surface area contributed by atoms with Crippen LogP contribution in [0.1, 0.15) is 13.8 Å². The first kappa shape index (κ1) is 16.3. The summed E-state index contributed by atoms with van der Waals surface area (Å²) in [4.78, 5) is 22.1. The van der Waals surface area contributed by atoms with Crippen molar-refractivity contribution >= 4 is 27.6 Å². The lowest BCUT2D eigenvalue weighted by Gasteiger charge is -2.22. The number of halogens is 5. The van der Waals surface area contributed by atoms with Crippen LogP contribution in [0.3, 0.4) is 0 Å². The van der Waals surface area contributed by atoms with E-state index >= 15 is 0 Å². The van der Waals surface area contributed by atoms with Crippen LogP contribution in [0.4, 0.5) is 17.6 Å². The molecule has 0 aromatic rings. The van der Waals surface area contributed by atoms with Crippen LogP contribution in [0.15, 0.2) is 0 Å². The normalized spacial score (nSPS) is 15.5. The van der Waals surface area contributed by atoms with Crippen LogP contribution in [0.5, 0.6) is 0 Å². The molecule has 0 aromatic carbocycles. The molecule has 0 radical (unpaired) electrons. The summed E-state index contributed by atoms with van der Waals surface area (Å²) in [6, 6.07) is -0.947. The third kappa shape index (κ3) is 4.25. The van der Waals surface area contributed by atoms with Gasteiger partial charge in [-0.15, -0.1) is 0 Å². The average molecular weight is 322 g/mol. The summed E-state index contributed by atoms with van der Waals surface area (Å²) in [6.07, 6.45) is -4.07. The molecule has 2 unspecified atom stereocenters. The monoisotopic (exact) mass is 321 g/mol. The largest absolute Gasteiger partial charge is 0.383 e. The Balaban J connectivity index is 4.55. The van der Waals surface area contributed by atoms with E-state index in [9.17, 15) is 27.2 Å². The molecule has 0 fully saturated rings. The summed E-state index contributed by atoms with van der Waals surface area (Å²) in [7, 11) is 0. The van der Waals surface area contributed by atoms with Gasteiger partial charge in [0.05, 0.1) is 5.33 Å². The maximum atomic E-state index is 12.6. The van der Waals surface area contributed by atoms with Crippen LogP contribution in [0, 0.1) is 5.92 Å². The standard InChI is InChI=1S/C9H12BrF4NO2/c1-4(6(16)3-10)5(2)15-8(17)9(13,14)7(11)12/h4-5,7H,3H2,1-2H3,(H,15,17). The third-order valence-electron chi connectivity index (χ3n) is 2.33. The van der Waals surface area contributed by atoms with Crippen molar-refractivity contribution in [1.82, 2.24) is 5.32 Å². The maximum Gasteiger partial charge on any atom is 0.383 e. The highest BCUT2D eigenvalue weighted by atomic mass is 79.9. The van der Waals surface area contributed by atoms with E-state index in [1.807, 2.05) is 0 Å². The molecule has 2 atom stereocenters. The number of amides is 1. The fourth-order valence-corrected chi connectivity index (χ4v) is 1.44. The van der Waals surface area contributed by atoms with Gasteiger partial charge in [-0.05, 0) is 6.92 Å². The Bertz CT molecular complexity index is 299. The molecule has 8 heteroatoms. The number of alkyl halides is 5. The van der Waals surface area contributed by atoms with Gasteiger partial charge in [-0.2, -0.15) is 8.78 Å². The van der Waals surface area contributed by atoms with E-state index in [-0.39, 0.29) is 11.1 Å². The van der Waals surface area contributed by atoms with Crippen LogP contribution in [0.25, 0.3) is 0 Å². The van der Waals surface area contributed by atoms with Gasteiger partial charge in [-0.1, -0.05) is 22.9 Å². The Morgan fingerprint density at radius 1 is 1.29 bits per heavy atom. The fourth-order valence-electron chi connectivity index (χ4n) is 0.928. The van der Waals surface area contributed by atoms with Crippen molar-refractivity contribution in [2.24, 2.45) is 5.92 Å². The van der Waals surface area contributed by atoms with E-state index in [1.165, 1.54) is 13.8 Å². The predicted molar refractivity (Wildman–Crippen MR) is 56.5 cm³/mol. The number of rotatable bonds is 6. The lowest BCUT2D eigenvalue weighted by Crippen LogP contribution is -2.50. The van der Waals surface area contributed by atoms with Gasteiger partial charge in [-0.3, -0.25) is 9.59 Å². The van der Waals surface area contributed by atoms with Gasteiger partial charge in [0.1, 0.15) is 5.78 Å². The molecule has 3 nitrogen and oxygen atoms in total. The molecule has 0 aromatic heterocycles. The smallest absolute Gasteiger partial charge is 0.348 e. The number of carbonyl (C=O) groups excluding carboxylic acids is 2. The molecule has 1 N–H and O–H groups in total. The van der Waals surface area contributed by atoms with Gasteiger partial charge in [0, 0.05) is 12.0 Å². The molecule has 0 aliphatic carbocycles. The Kier molecular flexibility index (Phi) is 6.08. The van der Waals surface area contributed by atoms with Crippen molar-refractivity contribution in [3.05, 3.63) is 0 Å². The minimum Gasteiger partial charge on any atom is -0.348 e. The summed E-state index contributed by atoms with van der Waals surface area (Å²) in [6.45, 7) is 2.71. The van der Waals surface area contributed by atoms with E-state index in [0.29, 0.717) is 0 Å². The average Bonchev–Trinajstić information content (AvgIpc) is 2.26. The molecule has 0 aliphatic rings. The first-order valence-electron chi connectivity index (χ1n) is 4.70. The van der Waals surface area contributed by atoms with Crippen molar-refractivity contribution < 1.29 is 27.2 Å². The van der Waals surface area contributed by atoms with Crippen molar-refractivity contribution in [2.75, 3.05) is 5.33 Å². The molecular formula is C9H12BrF4NO2. The molecule has 0 heterocycles. The Hall–Kier alpha value is -0.660. The highest BCUT2D eigenvalue weighted by Crippen LogP contribution is 2.23. The molecule has 1 amide bonds. The summed E-state index contributed by atoms with van der Waals surface area (Å²) in [5.74, 6) is -7.88. The van der Waals surface area contributed by atoms with E-state index in [4.69, 9.17) is 0 Å². The summed E-state index contributed by atoms with van der Waals surface area (Å²) in [5, 5.41) is 1.71. The number of Topliss-reactive ketones (excluding diaryl/α,β-unsaturated/α-hetero) is 1. The second-order valence-corrected chi connectivity index (χ2v) is 4.14. The number of ketones is 1. The number of carbonyl (C=O) groups is 2. The fraction of sp³-hybridized carbons (Fsp3) is 0.778. The Labute approximate surface area is 104 Å². The highest BCUT2D eigenvalue weighted by molar-refractivity contribution is 9.09. The van der Waals surface area contributed by atoms with E-state index < -0.39 is 30.2 Å². The molecule has 0 saturated heterocycles. The molecule has 0 aliphatic heterocycles. The molecule has 0 saturated carbocycles. The topological polar surface area (TPSA) is 46.2 Å². The van der Waals surface area contributed by atoms with Gasteiger partial charge >= 0.3 is 12.3 Å². The van der Waals surface area contributed by atoms with Crippen LogP contribution < -0.4 is 5.32 Å². The van der Waals surface area contributed by atoms with E-state index in [2.05, 4.69) is 15.9 Å². The van der Waals surface area contributed by atoms with Crippen molar-refractivity contribution in [2.45, 2.75) is 32.2 Å². The zero-order valence-electron chi connectivity index (χ0n) is 9.15. The molecule has 0 spiro atoms. The van der Waals surface area contributed by atoms with Gasteiger partial charge in [0.2, 0.25) is 0 Å². The van der Waals surface area contributed by atoms with E-state index in [1.54, 1.807) is 5.32 Å². The minimum absolute atomic E-state index is 0.000380. The first-order chi connectivity index (χ1) is 7.64. The van der Waals surface area contributed by atoms with Crippen molar-refractivity contribution in [1.29, 1.82) is 0 Å². The lowest BCUT2D eigenvalue weighted by atomic mass is 9.99. The number of hydrogen-bond acceptors (Lipinski definition) is 2. The SMILES string of the molecule is CC(NC(=O)C(F)(F)C(F)F)C(C)C(=O)CBr. The summed E-state index contributed by atoms with van der Waals surface area (Å²) in [5.41, 5.74) is 0. The van der Waals surface area contributed by atoms with Gasteiger partial charge in [0.25, 0.3) is 5.91 Å². The molecular weight excluding hydrogens is 310 g/mol. The zero-order chi connectivity index (χ0) is 13.8. The Morgan fingerprint density at radius 2 is 1.76 bits per heavy atom. The lowest BCUT2D eigenvalue weighted by molar-refractivity contribution is -0.170. The minimum atomic E-state index is -4.74. The maximum absolute atomic E-state index is 12.6. The van der Waals surface area contributed by atoms with Crippen molar-refractivity contribution in [3.63, 3.8) is 0 Å². The second-order valence-electron chi connectivity index (χ2n) is 3.57. The predicted octanol–water partition coefficient (Wildman–Crippen LogP) is 1.99. The van der Waals surface area contributed by atoms with Crippen LogP contribution in [0.2, 0.25) is 0 Å². The molecule has 0 rings (SSSR count). The van der Waals surface area contributed by atoms with Gasteiger partial charge in [0.15, 0.2) is 0 Å². The highest BCUT2D eigenvalue weighted by Gasteiger charge is 2.49. The van der Waals surface area contributed by atoms with Crippen molar-refractivity contribution in [3.8, 4) is 0 Å². The molecule has 0 bridgehead atoms. The molecule has 17 heavy (non-hydrogen) atoms. The number of hydrogen-bond donors (Lipinski definition) is 1.